The molecular weight excluding hydrogens is 337 g/mol. The Morgan fingerprint density at radius 3 is 2.35 bits per heavy atom. The normalized spacial score (nSPS) is 20.2. The Labute approximate surface area is 145 Å². The number of hydrogen-bond acceptors (Lipinski definition) is 3. The van der Waals surface area contributed by atoms with E-state index < -0.39 is 5.41 Å². The van der Waals surface area contributed by atoms with Crippen LogP contribution in [-0.4, -0.2) is 54.8 Å². The number of anilines is 1. The standard InChI is InChI=1S/C16H19Cl2N3O2/c1-20-6-8-21(9-7-20)15(23)16(4-5-16)14(22)19-13-3-2-11(17)10-12(13)18/h2-3,10H,4-9H2,1H3,(H,19,22). The second-order valence-corrected chi connectivity index (χ2v) is 7.10. The molecule has 0 aromatic heterocycles. The van der Waals surface area contributed by atoms with E-state index in [0.29, 0.717) is 41.7 Å². The van der Waals surface area contributed by atoms with Crippen LogP contribution in [-0.2, 0) is 9.59 Å². The van der Waals surface area contributed by atoms with Crippen LogP contribution in [0.4, 0.5) is 5.69 Å². The fraction of sp³-hybridized carbons (Fsp3) is 0.500. The van der Waals surface area contributed by atoms with Crippen LogP contribution in [0.5, 0.6) is 0 Å². The number of hydrogen-bond donors (Lipinski definition) is 1. The monoisotopic (exact) mass is 355 g/mol. The molecule has 1 heterocycles. The number of carbonyl (C=O) groups excluding carboxylic acids is 2. The van der Waals surface area contributed by atoms with E-state index in [9.17, 15) is 9.59 Å². The van der Waals surface area contributed by atoms with Crippen LogP contribution in [0, 0.1) is 5.41 Å². The van der Waals surface area contributed by atoms with Gasteiger partial charge in [-0.25, -0.2) is 0 Å². The predicted molar refractivity (Wildman–Crippen MR) is 90.8 cm³/mol. The third kappa shape index (κ3) is 3.32. The number of rotatable bonds is 3. The van der Waals surface area contributed by atoms with E-state index in [-0.39, 0.29) is 11.8 Å². The maximum Gasteiger partial charge on any atom is 0.240 e. The smallest absolute Gasteiger partial charge is 0.240 e. The molecule has 2 fully saturated rings. The van der Waals surface area contributed by atoms with Crippen LogP contribution >= 0.6 is 23.2 Å². The quantitative estimate of drug-likeness (QED) is 0.847. The van der Waals surface area contributed by atoms with Crippen molar-refractivity contribution in [2.45, 2.75) is 12.8 Å². The highest BCUT2D eigenvalue weighted by Crippen LogP contribution is 2.48. The third-order valence-corrected chi connectivity index (χ3v) is 5.11. The third-order valence-electron chi connectivity index (χ3n) is 4.56. The van der Waals surface area contributed by atoms with Gasteiger partial charge in [-0.3, -0.25) is 9.59 Å². The molecule has 23 heavy (non-hydrogen) atoms. The SMILES string of the molecule is CN1CCN(C(=O)C2(C(=O)Nc3ccc(Cl)cc3Cl)CC2)CC1. The summed E-state index contributed by atoms with van der Waals surface area (Å²) in [6.45, 7) is 3.02. The number of piperazine rings is 1. The van der Waals surface area contributed by atoms with Crippen LogP contribution in [0.3, 0.4) is 0 Å². The van der Waals surface area contributed by atoms with Gasteiger partial charge in [-0.1, -0.05) is 23.2 Å². The van der Waals surface area contributed by atoms with Gasteiger partial charge in [-0.05, 0) is 38.1 Å². The fourth-order valence-electron chi connectivity index (χ4n) is 2.81. The summed E-state index contributed by atoms with van der Waals surface area (Å²) in [6, 6.07) is 4.88. The van der Waals surface area contributed by atoms with Crippen LogP contribution < -0.4 is 5.32 Å². The van der Waals surface area contributed by atoms with E-state index in [0.717, 1.165) is 13.1 Å². The number of nitrogens with one attached hydrogen (secondary N) is 1. The molecule has 7 heteroatoms. The van der Waals surface area contributed by atoms with Gasteiger partial charge in [0, 0.05) is 31.2 Å². The molecule has 1 saturated heterocycles. The lowest BCUT2D eigenvalue weighted by atomic mass is 10.0. The first-order valence-corrected chi connectivity index (χ1v) is 8.42. The van der Waals surface area contributed by atoms with E-state index in [1.54, 1.807) is 23.1 Å². The molecule has 1 aliphatic heterocycles. The van der Waals surface area contributed by atoms with Gasteiger partial charge >= 0.3 is 0 Å². The molecule has 3 rings (SSSR count). The molecule has 1 aromatic carbocycles. The van der Waals surface area contributed by atoms with E-state index in [4.69, 9.17) is 23.2 Å². The summed E-state index contributed by atoms with van der Waals surface area (Å²) < 4.78 is 0. The molecule has 0 unspecified atom stereocenters. The Morgan fingerprint density at radius 1 is 1.13 bits per heavy atom. The Morgan fingerprint density at radius 2 is 1.78 bits per heavy atom. The van der Waals surface area contributed by atoms with Crippen LogP contribution in [0.2, 0.25) is 10.0 Å². The zero-order valence-electron chi connectivity index (χ0n) is 12.9. The molecule has 1 aromatic rings. The van der Waals surface area contributed by atoms with Gasteiger partial charge in [0.1, 0.15) is 5.41 Å². The van der Waals surface area contributed by atoms with Crippen molar-refractivity contribution in [3.63, 3.8) is 0 Å². The molecule has 1 N–H and O–H groups in total. The summed E-state index contributed by atoms with van der Waals surface area (Å²) in [5, 5.41) is 3.65. The molecule has 2 amide bonds. The van der Waals surface area contributed by atoms with Crippen molar-refractivity contribution in [1.29, 1.82) is 0 Å². The lowest BCUT2D eigenvalue weighted by Gasteiger charge is -2.34. The van der Waals surface area contributed by atoms with Gasteiger partial charge in [0.25, 0.3) is 0 Å². The number of likely N-dealkylation sites (N-methyl/N-ethyl adjacent to an activating group) is 1. The Bertz CT molecular complexity index is 638. The molecule has 1 aliphatic carbocycles. The van der Waals surface area contributed by atoms with Crippen molar-refractivity contribution in [2.24, 2.45) is 5.41 Å². The summed E-state index contributed by atoms with van der Waals surface area (Å²) in [5.74, 6) is -0.334. The summed E-state index contributed by atoms with van der Waals surface area (Å²) in [5.41, 5.74) is -0.433. The minimum Gasteiger partial charge on any atom is -0.339 e. The lowest BCUT2D eigenvalue weighted by molar-refractivity contribution is -0.143. The highest BCUT2D eigenvalue weighted by atomic mass is 35.5. The molecule has 0 spiro atoms. The van der Waals surface area contributed by atoms with Crippen molar-refractivity contribution < 1.29 is 9.59 Å². The molecule has 0 atom stereocenters. The first-order valence-electron chi connectivity index (χ1n) is 7.67. The topological polar surface area (TPSA) is 52.7 Å². The zero-order chi connectivity index (χ0) is 16.6. The average molecular weight is 356 g/mol. The van der Waals surface area contributed by atoms with Crippen molar-refractivity contribution in [3.05, 3.63) is 28.2 Å². The minimum absolute atomic E-state index is 0.0619. The fourth-order valence-corrected chi connectivity index (χ4v) is 3.26. The number of halogens is 2. The van der Waals surface area contributed by atoms with Gasteiger partial charge < -0.3 is 15.1 Å². The summed E-state index contributed by atoms with van der Waals surface area (Å²) in [6.07, 6.45) is 1.18. The second-order valence-electron chi connectivity index (χ2n) is 6.26. The Hall–Kier alpha value is -1.30. The first-order chi connectivity index (χ1) is 10.9. The molecule has 0 radical (unpaired) electrons. The number of benzene rings is 1. The highest BCUT2D eigenvalue weighted by molar-refractivity contribution is 6.36. The maximum atomic E-state index is 12.8. The largest absolute Gasteiger partial charge is 0.339 e. The zero-order valence-corrected chi connectivity index (χ0v) is 14.5. The van der Waals surface area contributed by atoms with Crippen molar-refractivity contribution in [3.8, 4) is 0 Å². The summed E-state index contributed by atoms with van der Waals surface area (Å²) in [4.78, 5) is 29.4. The van der Waals surface area contributed by atoms with Crippen molar-refractivity contribution in [2.75, 3.05) is 38.5 Å². The van der Waals surface area contributed by atoms with Crippen LogP contribution in [0.1, 0.15) is 12.8 Å². The maximum absolute atomic E-state index is 12.8. The average Bonchev–Trinajstić information content (AvgIpc) is 3.32. The Balaban J connectivity index is 1.70. The predicted octanol–water partition coefficient (Wildman–Crippen LogP) is 2.49. The van der Waals surface area contributed by atoms with E-state index >= 15 is 0 Å². The van der Waals surface area contributed by atoms with Gasteiger partial charge in [0.05, 0.1) is 10.7 Å². The first kappa shape index (κ1) is 16.6. The summed E-state index contributed by atoms with van der Waals surface area (Å²) in [7, 11) is 2.03. The van der Waals surface area contributed by atoms with Gasteiger partial charge in [-0.2, -0.15) is 0 Å². The van der Waals surface area contributed by atoms with E-state index in [1.807, 2.05) is 7.05 Å². The molecule has 124 valence electrons. The van der Waals surface area contributed by atoms with E-state index in [1.165, 1.54) is 0 Å². The van der Waals surface area contributed by atoms with Gasteiger partial charge in [-0.15, -0.1) is 0 Å². The molecule has 5 nitrogen and oxygen atoms in total. The second kappa shape index (κ2) is 6.30. The number of amides is 2. The van der Waals surface area contributed by atoms with Crippen LogP contribution in [0.25, 0.3) is 0 Å². The minimum atomic E-state index is -0.918. The van der Waals surface area contributed by atoms with Crippen LogP contribution in [0.15, 0.2) is 18.2 Å². The van der Waals surface area contributed by atoms with Gasteiger partial charge in [0.15, 0.2) is 0 Å². The Kier molecular flexibility index (Phi) is 4.54. The van der Waals surface area contributed by atoms with E-state index in [2.05, 4.69) is 10.2 Å². The molecule has 0 bridgehead atoms. The molecule has 2 aliphatic rings. The summed E-state index contributed by atoms with van der Waals surface area (Å²) >= 11 is 11.9. The van der Waals surface area contributed by atoms with Gasteiger partial charge in [0.2, 0.25) is 11.8 Å². The number of carbonyl (C=O) groups is 2. The van der Waals surface area contributed by atoms with Crippen molar-refractivity contribution in [1.82, 2.24) is 9.80 Å². The lowest BCUT2D eigenvalue weighted by Crippen LogP contribution is -2.51. The van der Waals surface area contributed by atoms with Crippen molar-refractivity contribution >= 4 is 40.7 Å². The highest BCUT2D eigenvalue weighted by Gasteiger charge is 2.58. The number of nitrogens with zero attached hydrogens (tertiary/aromatic N) is 2. The molecular formula is C16H19Cl2N3O2. The molecule has 1 saturated carbocycles.